The lowest BCUT2D eigenvalue weighted by Crippen LogP contribution is -2.41. The van der Waals surface area contributed by atoms with Gasteiger partial charge >= 0.3 is 5.69 Å². The summed E-state index contributed by atoms with van der Waals surface area (Å²) in [5, 5.41) is 22.9. The summed E-state index contributed by atoms with van der Waals surface area (Å²) in [6.45, 7) is 2.00. The Morgan fingerprint density at radius 1 is 1.57 bits per heavy atom. The van der Waals surface area contributed by atoms with Crippen LogP contribution < -0.4 is 10.1 Å². The van der Waals surface area contributed by atoms with E-state index in [1.165, 1.54) is 12.1 Å². The van der Waals surface area contributed by atoms with E-state index in [4.69, 9.17) is 10.00 Å². The Hall–Kier alpha value is -2.20. The number of hydrogen-bond acceptors (Lipinski definition) is 5. The van der Waals surface area contributed by atoms with Gasteiger partial charge in [0.1, 0.15) is 5.54 Å². The van der Waals surface area contributed by atoms with Crippen LogP contribution in [0.25, 0.3) is 0 Å². The van der Waals surface area contributed by atoms with Crippen molar-refractivity contribution in [3.8, 4) is 11.8 Å². The fraction of sp³-hybridized carbons (Fsp3) is 0.500. The lowest BCUT2D eigenvalue weighted by Gasteiger charge is -2.24. The van der Waals surface area contributed by atoms with Crippen molar-refractivity contribution in [2.24, 2.45) is 0 Å². The van der Waals surface area contributed by atoms with E-state index in [-0.39, 0.29) is 12.4 Å². The van der Waals surface area contributed by atoms with Crippen LogP contribution in [0.2, 0.25) is 0 Å². The van der Waals surface area contributed by atoms with E-state index in [0.717, 1.165) is 6.07 Å². The maximum absolute atomic E-state index is 13.6. The zero-order chi connectivity index (χ0) is 15.9. The summed E-state index contributed by atoms with van der Waals surface area (Å²) >= 11 is 0. The molecule has 0 aromatic heterocycles. The number of nitrogens with one attached hydrogen (secondary N) is 1. The minimum atomic E-state index is -0.764. The number of nitro benzene ring substituents is 1. The summed E-state index contributed by atoms with van der Waals surface area (Å²) in [6, 6.07) is 5.77. The third kappa shape index (κ3) is 4.13. The third-order valence-corrected chi connectivity index (χ3v) is 3.43. The third-order valence-electron chi connectivity index (χ3n) is 3.43. The van der Waals surface area contributed by atoms with Gasteiger partial charge in [-0.3, -0.25) is 10.1 Å². The molecule has 0 amide bonds. The maximum atomic E-state index is 13.6. The van der Waals surface area contributed by atoms with Crippen LogP contribution in [0.15, 0.2) is 18.2 Å². The van der Waals surface area contributed by atoms with Gasteiger partial charge in [0.25, 0.3) is 0 Å². The van der Waals surface area contributed by atoms with Crippen molar-refractivity contribution < 1.29 is 14.1 Å². The summed E-state index contributed by atoms with van der Waals surface area (Å²) in [6.07, 6.45) is 1.62. The van der Waals surface area contributed by atoms with Gasteiger partial charge in [-0.2, -0.15) is 5.26 Å². The van der Waals surface area contributed by atoms with Gasteiger partial charge in [-0.05, 0) is 32.4 Å². The SMILES string of the molecule is CCC(C#N)(CCCOc1c(F)cccc1[N+](=O)[O-])NC. The highest BCUT2D eigenvalue weighted by Crippen LogP contribution is 2.30. The molecular formula is C14H18FN3O3. The molecule has 1 aromatic rings. The molecule has 1 N–H and O–H groups in total. The summed E-state index contributed by atoms with van der Waals surface area (Å²) < 4.78 is 18.8. The van der Waals surface area contributed by atoms with Crippen LogP contribution in [0.1, 0.15) is 26.2 Å². The average Bonchev–Trinajstić information content (AvgIpc) is 2.49. The summed E-state index contributed by atoms with van der Waals surface area (Å²) in [5.74, 6) is -1.12. The van der Waals surface area contributed by atoms with Gasteiger partial charge in [-0.1, -0.05) is 13.0 Å². The van der Waals surface area contributed by atoms with Crippen molar-refractivity contribution in [1.29, 1.82) is 5.26 Å². The minimum Gasteiger partial charge on any atom is -0.485 e. The van der Waals surface area contributed by atoms with Crippen molar-refractivity contribution in [3.05, 3.63) is 34.1 Å². The molecule has 0 fully saturated rings. The normalized spacial score (nSPS) is 13.2. The van der Waals surface area contributed by atoms with E-state index in [1.54, 1.807) is 7.05 Å². The Bertz CT molecular complexity index is 539. The zero-order valence-corrected chi connectivity index (χ0v) is 12.1. The number of ether oxygens (including phenoxy) is 1. The molecule has 0 aliphatic carbocycles. The number of hydrogen-bond donors (Lipinski definition) is 1. The smallest absolute Gasteiger partial charge is 0.314 e. The standard InChI is InChI=1S/C14H18FN3O3/c1-3-14(10-16,17-2)8-5-9-21-13-11(15)6-4-7-12(13)18(19)20/h4,6-7,17H,3,5,8-9H2,1-2H3. The summed E-state index contributed by atoms with van der Waals surface area (Å²) in [4.78, 5) is 10.1. The van der Waals surface area contributed by atoms with E-state index >= 15 is 0 Å². The number of halogens is 1. The van der Waals surface area contributed by atoms with Crippen LogP contribution in [-0.2, 0) is 0 Å². The zero-order valence-electron chi connectivity index (χ0n) is 12.1. The second kappa shape index (κ2) is 7.55. The molecule has 0 bridgehead atoms. The van der Waals surface area contributed by atoms with Crippen LogP contribution >= 0.6 is 0 Å². The molecule has 1 unspecified atom stereocenters. The molecule has 0 aliphatic rings. The molecule has 1 rings (SSSR count). The lowest BCUT2D eigenvalue weighted by molar-refractivity contribution is -0.386. The maximum Gasteiger partial charge on any atom is 0.314 e. The van der Waals surface area contributed by atoms with E-state index < -0.39 is 22.0 Å². The van der Waals surface area contributed by atoms with Gasteiger partial charge in [0.15, 0.2) is 5.82 Å². The molecule has 1 aromatic carbocycles. The van der Waals surface area contributed by atoms with Gasteiger partial charge in [-0.25, -0.2) is 4.39 Å². The van der Waals surface area contributed by atoms with Gasteiger partial charge in [0.05, 0.1) is 17.6 Å². The molecular weight excluding hydrogens is 277 g/mol. The minimum absolute atomic E-state index is 0.104. The fourth-order valence-corrected chi connectivity index (χ4v) is 2.00. The van der Waals surface area contributed by atoms with Crippen molar-refractivity contribution in [1.82, 2.24) is 5.32 Å². The second-order valence-electron chi connectivity index (χ2n) is 4.59. The molecule has 6 nitrogen and oxygen atoms in total. The summed E-state index contributed by atoms with van der Waals surface area (Å²) in [5.41, 5.74) is -1.05. The quantitative estimate of drug-likeness (QED) is 0.452. The first-order valence-corrected chi connectivity index (χ1v) is 6.65. The monoisotopic (exact) mass is 295 g/mol. The van der Waals surface area contributed by atoms with Gasteiger partial charge in [-0.15, -0.1) is 0 Å². The Kier molecular flexibility index (Phi) is 6.06. The molecule has 0 saturated heterocycles. The predicted octanol–water partition coefficient (Wildman–Crippen LogP) is 2.78. The molecule has 7 heteroatoms. The van der Waals surface area contributed by atoms with E-state index in [1.807, 2.05) is 6.92 Å². The van der Waals surface area contributed by atoms with Crippen LogP contribution in [0.5, 0.6) is 5.75 Å². The Morgan fingerprint density at radius 2 is 2.29 bits per heavy atom. The van der Waals surface area contributed by atoms with E-state index in [2.05, 4.69) is 11.4 Å². The Morgan fingerprint density at radius 3 is 2.81 bits per heavy atom. The first-order valence-electron chi connectivity index (χ1n) is 6.65. The summed E-state index contributed by atoms with van der Waals surface area (Å²) in [7, 11) is 1.70. The Balaban J connectivity index is 2.66. The first-order chi connectivity index (χ1) is 9.99. The second-order valence-corrected chi connectivity index (χ2v) is 4.59. The molecule has 0 saturated carbocycles. The number of benzene rings is 1. The van der Waals surface area contributed by atoms with Crippen LogP contribution in [0, 0.1) is 27.3 Å². The van der Waals surface area contributed by atoms with E-state index in [9.17, 15) is 14.5 Å². The molecule has 0 heterocycles. The highest BCUT2D eigenvalue weighted by Gasteiger charge is 2.25. The molecule has 21 heavy (non-hydrogen) atoms. The topological polar surface area (TPSA) is 88.2 Å². The van der Waals surface area contributed by atoms with Gasteiger partial charge < -0.3 is 10.1 Å². The number of para-hydroxylation sites is 1. The molecule has 1 atom stereocenters. The van der Waals surface area contributed by atoms with Crippen molar-refractivity contribution >= 4 is 5.69 Å². The molecule has 0 radical (unpaired) electrons. The first kappa shape index (κ1) is 16.9. The molecule has 114 valence electrons. The van der Waals surface area contributed by atoms with Crippen LogP contribution in [0.4, 0.5) is 10.1 Å². The number of nitro groups is 1. The predicted molar refractivity (Wildman–Crippen MR) is 75.5 cm³/mol. The van der Waals surface area contributed by atoms with Crippen molar-refractivity contribution in [2.45, 2.75) is 31.7 Å². The molecule has 0 aliphatic heterocycles. The van der Waals surface area contributed by atoms with E-state index in [0.29, 0.717) is 19.3 Å². The van der Waals surface area contributed by atoms with Crippen molar-refractivity contribution in [3.63, 3.8) is 0 Å². The number of rotatable bonds is 8. The fourth-order valence-electron chi connectivity index (χ4n) is 2.00. The van der Waals surface area contributed by atoms with Crippen LogP contribution in [-0.4, -0.2) is 24.1 Å². The number of nitriles is 1. The van der Waals surface area contributed by atoms with Gasteiger partial charge in [0, 0.05) is 6.07 Å². The lowest BCUT2D eigenvalue weighted by atomic mass is 9.92. The number of nitrogens with zero attached hydrogens (tertiary/aromatic N) is 2. The van der Waals surface area contributed by atoms with Crippen molar-refractivity contribution in [2.75, 3.05) is 13.7 Å². The Labute approximate surface area is 122 Å². The van der Waals surface area contributed by atoms with Crippen LogP contribution in [0.3, 0.4) is 0 Å². The molecule has 0 spiro atoms. The largest absolute Gasteiger partial charge is 0.485 e. The highest BCUT2D eigenvalue weighted by atomic mass is 19.1. The van der Waals surface area contributed by atoms with Gasteiger partial charge in [0.2, 0.25) is 5.75 Å². The highest BCUT2D eigenvalue weighted by molar-refractivity contribution is 5.46. The average molecular weight is 295 g/mol.